The van der Waals surface area contributed by atoms with Gasteiger partial charge in [0.25, 0.3) is 0 Å². The van der Waals surface area contributed by atoms with E-state index in [1.807, 2.05) is 65.6 Å². The van der Waals surface area contributed by atoms with Crippen LogP contribution in [0.4, 0.5) is 10.5 Å². The number of urea groups is 1. The minimum Gasteiger partial charge on any atom is -0.338 e. The summed E-state index contributed by atoms with van der Waals surface area (Å²) in [5.41, 5.74) is 1.79. The molecule has 1 saturated heterocycles. The fourth-order valence-corrected chi connectivity index (χ4v) is 4.76. The maximum absolute atomic E-state index is 12.9. The van der Waals surface area contributed by atoms with E-state index in [1.54, 1.807) is 4.90 Å². The van der Waals surface area contributed by atoms with Gasteiger partial charge in [-0.1, -0.05) is 48.2 Å². The predicted molar refractivity (Wildman–Crippen MR) is 128 cm³/mol. The summed E-state index contributed by atoms with van der Waals surface area (Å²) in [4.78, 5) is 28.9. The van der Waals surface area contributed by atoms with Gasteiger partial charge in [-0.15, -0.1) is 10.2 Å². The number of benzene rings is 2. The number of rotatable bonds is 6. The fourth-order valence-electron chi connectivity index (χ4n) is 3.90. The lowest BCUT2D eigenvalue weighted by molar-refractivity contribution is -0.129. The van der Waals surface area contributed by atoms with E-state index in [2.05, 4.69) is 20.1 Å². The third kappa shape index (κ3) is 5.03. The van der Waals surface area contributed by atoms with Crippen LogP contribution in [0.25, 0.3) is 5.69 Å². The van der Waals surface area contributed by atoms with Gasteiger partial charge in [0.05, 0.1) is 5.75 Å². The van der Waals surface area contributed by atoms with E-state index in [-0.39, 0.29) is 11.9 Å². The number of carbonyl (C=O) groups is 2. The summed E-state index contributed by atoms with van der Waals surface area (Å²) in [7, 11) is 0. The second kappa shape index (κ2) is 9.66. The molecule has 5 rings (SSSR count). The van der Waals surface area contributed by atoms with Crippen molar-refractivity contribution in [3.05, 3.63) is 66.5 Å². The molecule has 1 aliphatic carbocycles. The predicted octanol–water partition coefficient (Wildman–Crippen LogP) is 3.61. The molecule has 3 amide bonds. The molecule has 33 heavy (non-hydrogen) atoms. The second-order valence-electron chi connectivity index (χ2n) is 8.24. The highest BCUT2D eigenvalue weighted by molar-refractivity contribution is 7.99. The average molecular weight is 463 g/mol. The van der Waals surface area contributed by atoms with Crippen LogP contribution in [-0.4, -0.2) is 68.4 Å². The average Bonchev–Trinajstić information content (AvgIpc) is 3.62. The van der Waals surface area contributed by atoms with E-state index in [4.69, 9.17) is 0 Å². The van der Waals surface area contributed by atoms with Crippen LogP contribution in [0.15, 0.2) is 65.8 Å². The Hall–Kier alpha value is -3.33. The lowest BCUT2D eigenvalue weighted by atomic mass is 10.3. The van der Waals surface area contributed by atoms with Crippen molar-refractivity contribution in [1.29, 1.82) is 0 Å². The maximum atomic E-state index is 12.9. The van der Waals surface area contributed by atoms with Crippen LogP contribution >= 0.6 is 11.8 Å². The van der Waals surface area contributed by atoms with Crippen LogP contribution in [0.1, 0.15) is 24.6 Å². The smallest absolute Gasteiger partial charge is 0.321 e. The molecule has 0 atom stereocenters. The summed E-state index contributed by atoms with van der Waals surface area (Å²) in [6.07, 6.45) is 2.27. The number of hydrogen-bond donors (Lipinski definition) is 1. The first kappa shape index (κ1) is 21.5. The first-order valence-electron chi connectivity index (χ1n) is 11.2. The number of para-hydroxylation sites is 2. The molecule has 9 heteroatoms. The molecule has 0 radical (unpaired) electrons. The Balaban J connectivity index is 1.16. The summed E-state index contributed by atoms with van der Waals surface area (Å²) in [6, 6.07) is 19.3. The van der Waals surface area contributed by atoms with Crippen LogP contribution in [0, 0.1) is 0 Å². The van der Waals surface area contributed by atoms with Crippen molar-refractivity contribution in [2.45, 2.75) is 23.9 Å². The minimum atomic E-state index is -0.133. The molecule has 0 bridgehead atoms. The molecule has 8 nitrogen and oxygen atoms in total. The molecule has 3 aromatic rings. The molecule has 1 saturated carbocycles. The maximum Gasteiger partial charge on any atom is 0.321 e. The zero-order valence-electron chi connectivity index (χ0n) is 18.3. The highest BCUT2D eigenvalue weighted by Crippen LogP contribution is 2.41. The van der Waals surface area contributed by atoms with Gasteiger partial charge in [0, 0.05) is 43.5 Å². The highest BCUT2D eigenvalue weighted by atomic mass is 32.2. The van der Waals surface area contributed by atoms with E-state index < -0.39 is 0 Å². The summed E-state index contributed by atoms with van der Waals surface area (Å²) >= 11 is 1.42. The van der Waals surface area contributed by atoms with Gasteiger partial charge in [-0.3, -0.25) is 9.36 Å². The van der Waals surface area contributed by atoms with Crippen molar-refractivity contribution < 1.29 is 9.59 Å². The van der Waals surface area contributed by atoms with Gasteiger partial charge in [0.1, 0.15) is 5.82 Å². The Kier molecular flexibility index (Phi) is 6.30. The van der Waals surface area contributed by atoms with Crippen LogP contribution < -0.4 is 5.32 Å². The summed E-state index contributed by atoms with van der Waals surface area (Å²) in [5.74, 6) is 1.79. The normalized spacial score (nSPS) is 16.0. The summed E-state index contributed by atoms with van der Waals surface area (Å²) in [5, 5.41) is 12.5. The molecule has 1 aliphatic heterocycles. The molecule has 2 aromatic carbocycles. The van der Waals surface area contributed by atoms with Gasteiger partial charge in [-0.2, -0.15) is 0 Å². The first-order chi connectivity index (χ1) is 16.2. The van der Waals surface area contributed by atoms with Gasteiger partial charge in [-0.25, -0.2) is 4.79 Å². The SMILES string of the molecule is O=C(CSc1nnc(C2CC2)n1-c1ccccc1)N1CCN(C(=O)Nc2ccccc2)CC1. The Morgan fingerprint density at radius 1 is 0.879 bits per heavy atom. The minimum absolute atomic E-state index is 0.0544. The number of nitrogens with one attached hydrogen (secondary N) is 1. The van der Waals surface area contributed by atoms with Crippen LogP contribution in [0.2, 0.25) is 0 Å². The van der Waals surface area contributed by atoms with E-state index in [0.717, 1.165) is 35.2 Å². The molecule has 1 N–H and O–H groups in total. The zero-order valence-corrected chi connectivity index (χ0v) is 19.1. The number of carbonyl (C=O) groups excluding carboxylic acids is 2. The topological polar surface area (TPSA) is 83.4 Å². The first-order valence-corrected chi connectivity index (χ1v) is 12.2. The van der Waals surface area contributed by atoms with E-state index in [0.29, 0.717) is 37.8 Å². The van der Waals surface area contributed by atoms with Crippen LogP contribution in [-0.2, 0) is 4.79 Å². The number of aromatic nitrogens is 3. The van der Waals surface area contributed by atoms with Crippen molar-refractivity contribution in [3.63, 3.8) is 0 Å². The third-order valence-electron chi connectivity index (χ3n) is 5.88. The molecule has 1 aromatic heterocycles. The molecular weight excluding hydrogens is 436 g/mol. The van der Waals surface area contributed by atoms with Crippen molar-refractivity contribution in [2.24, 2.45) is 0 Å². The van der Waals surface area contributed by atoms with Crippen LogP contribution in [0.3, 0.4) is 0 Å². The van der Waals surface area contributed by atoms with Crippen molar-refractivity contribution in [1.82, 2.24) is 24.6 Å². The summed E-state index contributed by atoms with van der Waals surface area (Å²) in [6.45, 7) is 2.09. The third-order valence-corrected chi connectivity index (χ3v) is 6.80. The van der Waals surface area contributed by atoms with Crippen molar-refractivity contribution in [2.75, 3.05) is 37.2 Å². The van der Waals surface area contributed by atoms with Gasteiger partial charge in [0.15, 0.2) is 5.16 Å². The second-order valence-corrected chi connectivity index (χ2v) is 9.18. The van der Waals surface area contributed by atoms with Gasteiger partial charge < -0.3 is 15.1 Å². The number of amides is 3. The van der Waals surface area contributed by atoms with E-state index in [9.17, 15) is 9.59 Å². The molecule has 0 spiro atoms. The molecule has 170 valence electrons. The Labute approximate surface area is 197 Å². The number of hydrogen-bond acceptors (Lipinski definition) is 5. The standard InChI is InChI=1S/C24H26N6O2S/c31-21(28-13-15-29(16-14-28)23(32)25-19-7-3-1-4-8-19)17-33-24-27-26-22(18-11-12-18)30(24)20-9-5-2-6-10-20/h1-10,18H,11-17H2,(H,25,32). The molecule has 2 fully saturated rings. The number of nitrogens with zero attached hydrogens (tertiary/aromatic N) is 5. The zero-order chi connectivity index (χ0) is 22.6. The van der Waals surface area contributed by atoms with E-state index >= 15 is 0 Å². The quantitative estimate of drug-likeness (QED) is 0.566. The van der Waals surface area contributed by atoms with E-state index in [1.165, 1.54) is 11.8 Å². The molecule has 2 aliphatic rings. The van der Waals surface area contributed by atoms with Crippen LogP contribution in [0.5, 0.6) is 0 Å². The van der Waals surface area contributed by atoms with Gasteiger partial charge in [0.2, 0.25) is 5.91 Å². The molecule has 0 unspecified atom stereocenters. The Morgan fingerprint density at radius 3 is 2.18 bits per heavy atom. The number of thioether (sulfide) groups is 1. The monoisotopic (exact) mass is 462 g/mol. The Bertz CT molecular complexity index is 1110. The fraction of sp³-hybridized carbons (Fsp3) is 0.333. The summed E-state index contributed by atoms with van der Waals surface area (Å²) < 4.78 is 2.08. The van der Waals surface area contributed by atoms with Crippen molar-refractivity contribution in [3.8, 4) is 5.69 Å². The number of piperazine rings is 1. The largest absolute Gasteiger partial charge is 0.338 e. The van der Waals surface area contributed by atoms with Crippen molar-refractivity contribution >= 4 is 29.4 Å². The molecule has 2 heterocycles. The number of anilines is 1. The highest BCUT2D eigenvalue weighted by Gasteiger charge is 2.31. The van der Waals surface area contributed by atoms with Gasteiger partial charge >= 0.3 is 6.03 Å². The van der Waals surface area contributed by atoms with Gasteiger partial charge in [-0.05, 0) is 37.1 Å². The Morgan fingerprint density at radius 2 is 1.52 bits per heavy atom. The molecular formula is C24H26N6O2S. The lowest BCUT2D eigenvalue weighted by Gasteiger charge is -2.34. The lowest BCUT2D eigenvalue weighted by Crippen LogP contribution is -2.52.